The lowest BCUT2D eigenvalue weighted by Crippen LogP contribution is -2.45. The number of hydrogen-bond acceptors (Lipinski definition) is 6. The third-order valence-electron chi connectivity index (χ3n) is 6.78. The molecular formula is C26H28FN5O2S. The first kappa shape index (κ1) is 23.4. The molecule has 9 heteroatoms. The minimum atomic E-state index is -0.242. The number of halogens is 1. The summed E-state index contributed by atoms with van der Waals surface area (Å²) in [5, 5.41) is 6.87. The van der Waals surface area contributed by atoms with Gasteiger partial charge in [-0.2, -0.15) is 9.97 Å². The van der Waals surface area contributed by atoms with Gasteiger partial charge in [-0.25, -0.2) is 4.39 Å². The summed E-state index contributed by atoms with van der Waals surface area (Å²) >= 11 is 5.59. The van der Waals surface area contributed by atoms with Crippen LogP contribution in [-0.4, -0.2) is 41.9 Å². The second-order valence-electron chi connectivity index (χ2n) is 8.92. The van der Waals surface area contributed by atoms with E-state index in [1.165, 1.54) is 23.3 Å². The molecule has 2 aliphatic rings. The molecule has 0 spiro atoms. The van der Waals surface area contributed by atoms with Crippen molar-refractivity contribution in [3.63, 3.8) is 0 Å². The van der Waals surface area contributed by atoms with Crippen LogP contribution >= 0.6 is 12.2 Å². The molecule has 5 rings (SSSR count). The summed E-state index contributed by atoms with van der Waals surface area (Å²) in [6, 6.07) is 16.9. The first-order chi connectivity index (χ1) is 17.0. The molecule has 0 saturated carbocycles. The van der Waals surface area contributed by atoms with Crippen molar-refractivity contribution in [2.75, 3.05) is 37.1 Å². The molecular weight excluding hydrogens is 465 g/mol. The summed E-state index contributed by atoms with van der Waals surface area (Å²) in [5.74, 6) is 1.36. The smallest absolute Gasteiger partial charge is 0.234 e. The fourth-order valence-corrected chi connectivity index (χ4v) is 4.92. The standard InChI is InChI=1S/C26H28FN5O2S/c1-33-23-14-22(32-15-18-4-2-3-5-19(18)16-32)29-24(30-23)31-25(35)28-17-26(10-12-34-13-11-26)20-6-8-21(27)9-7-20/h2-9,14H,10-13,15-17H2,1H3,(H2,28,29,30,31,35). The number of nitrogens with zero attached hydrogens (tertiary/aromatic N) is 3. The Labute approximate surface area is 209 Å². The van der Waals surface area contributed by atoms with E-state index in [9.17, 15) is 4.39 Å². The van der Waals surface area contributed by atoms with Gasteiger partial charge in [0.15, 0.2) is 5.11 Å². The number of nitrogens with one attached hydrogen (secondary N) is 2. The number of anilines is 2. The Balaban J connectivity index is 1.28. The quantitative estimate of drug-likeness (QED) is 0.496. The minimum Gasteiger partial charge on any atom is -0.481 e. The molecule has 0 atom stereocenters. The Bertz CT molecular complexity index is 1180. The highest BCUT2D eigenvalue weighted by molar-refractivity contribution is 7.80. The normalized spacial score (nSPS) is 16.5. The fourth-order valence-electron chi connectivity index (χ4n) is 4.76. The summed E-state index contributed by atoms with van der Waals surface area (Å²) in [4.78, 5) is 11.3. The van der Waals surface area contributed by atoms with Gasteiger partial charge in [0.1, 0.15) is 11.6 Å². The average molecular weight is 494 g/mol. The molecule has 1 fully saturated rings. The Kier molecular flexibility index (Phi) is 6.79. The van der Waals surface area contributed by atoms with Crippen LogP contribution in [0.1, 0.15) is 29.5 Å². The monoisotopic (exact) mass is 493 g/mol. The van der Waals surface area contributed by atoms with Crippen LogP contribution in [0.3, 0.4) is 0 Å². The Hall–Kier alpha value is -3.30. The van der Waals surface area contributed by atoms with Crippen molar-refractivity contribution in [1.29, 1.82) is 0 Å². The van der Waals surface area contributed by atoms with Crippen LogP contribution < -0.4 is 20.3 Å². The van der Waals surface area contributed by atoms with E-state index < -0.39 is 0 Å². The zero-order valence-electron chi connectivity index (χ0n) is 19.6. The third-order valence-corrected chi connectivity index (χ3v) is 7.03. The van der Waals surface area contributed by atoms with Crippen LogP contribution in [0.25, 0.3) is 0 Å². The lowest BCUT2D eigenvalue weighted by molar-refractivity contribution is 0.0515. The molecule has 0 amide bonds. The van der Waals surface area contributed by atoms with Gasteiger partial charge in [-0.15, -0.1) is 0 Å². The van der Waals surface area contributed by atoms with Crippen molar-refractivity contribution in [1.82, 2.24) is 15.3 Å². The van der Waals surface area contributed by atoms with Crippen molar-refractivity contribution in [2.24, 2.45) is 0 Å². The lowest BCUT2D eigenvalue weighted by Gasteiger charge is -2.38. The van der Waals surface area contributed by atoms with Crippen LogP contribution in [0.2, 0.25) is 0 Å². The van der Waals surface area contributed by atoms with Crippen LogP contribution in [0.15, 0.2) is 54.6 Å². The SMILES string of the molecule is COc1cc(N2Cc3ccccc3C2)nc(NC(=S)NCC2(c3ccc(F)cc3)CCOCC2)n1. The lowest BCUT2D eigenvalue weighted by atomic mass is 9.74. The highest BCUT2D eigenvalue weighted by Crippen LogP contribution is 2.34. The van der Waals surface area contributed by atoms with E-state index in [2.05, 4.69) is 44.8 Å². The van der Waals surface area contributed by atoms with Gasteiger partial charge in [0.2, 0.25) is 11.8 Å². The molecule has 2 aromatic carbocycles. The molecule has 3 aromatic rings. The summed E-state index contributed by atoms with van der Waals surface area (Å²) in [5.41, 5.74) is 3.46. The minimum absolute atomic E-state index is 0.195. The number of hydrogen-bond donors (Lipinski definition) is 2. The molecule has 0 unspecified atom stereocenters. The number of rotatable bonds is 6. The predicted molar refractivity (Wildman–Crippen MR) is 137 cm³/mol. The van der Waals surface area contributed by atoms with Crippen molar-refractivity contribution in [2.45, 2.75) is 31.3 Å². The topological polar surface area (TPSA) is 71.5 Å². The molecule has 182 valence electrons. The van der Waals surface area contributed by atoms with Gasteiger partial charge in [-0.1, -0.05) is 36.4 Å². The number of aromatic nitrogens is 2. The van der Waals surface area contributed by atoms with Gasteiger partial charge in [0.25, 0.3) is 0 Å². The van der Waals surface area contributed by atoms with Gasteiger partial charge < -0.3 is 25.0 Å². The van der Waals surface area contributed by atoms with E-state index >= 15 is 0 Å². The first-order valence-corrected chi connectivity index (χ1v) is 12.1. The van der Waals surface area contributed by atoms with Gasteiger partial charge >= 0.3 is 0 Å². The highest BCUT2D eigenvalue weighted by atomic mass is 32.1. The molecule has 1 aromatic heterocycles. The number of thiocarbonyl (C=S) groups is 1. The van der Waals surface area contributed by atoms with E-state index in [4.69, 9.17) is 26.7 Å². The average Bonchev–Trinajstić information content (AvgIpc) is 3.33. The van der Waals surface area contributed by atoms with Crippen LogP contribution in [-0.2, 0) is 23.2 Å². The summed E-state index contributed by atoms with van der Waals surface area (Å²) in [6.45, 7) is 3.45. The van der Waals surface area contributed by atoms with Gasteiger partial charge in [0.05, 0.1) is 7.11 Å². The predicted octanol–water partition coefficient (Wildman–Crippen LogP) is 4.18. The molecule has 2 N–H and O–H groups in total. The molecule has 0 radical (unpaired) electrons. The van der Waals surface area contributed by atoms with Crippen LogP contribution in [0.5, 0.6) is 5.88 Å². The van der Waals surface area contributed by atoms with Crippen molar-refractivity contribution < 1.29 is 13.9 Å². The maximum absolute atomic E-state index is 13.5. The highest BCUT2D eigenvalue weighted by Gasteiger charge is 2.34. The maximum Gasteiger partial charge on any atom is 0.234 e. The van der Waals surface area contributed by atoms with Gasteiger partial charge in [0, 0.05) is 44.3 Å². The number of methoxy groups -OCH3 is 1. The number of fused-ring (bicyclic) bond motifs is 1. The molecule has 35 heavy (non-hydrogen) atoms. The van der Waals surface area contributed by atoms with Crippen molar-refractivity contribution >= 4 is 29.1 Å². The van der Waals surface area contributed by atoms with E-state index in [1.54, 1.807) is 7.11 Å². The molecule has 0 bridgehead atoms. The zero-order valence-corrected chi connectivity index (χ0v) is 20.4. The Morgan fingerprint density at radius 1 is 1.09 bits per heavy atom. The fraction of sp³-hybridized carbons (Fsp3) is 0.346. The van der Waals surface area contributed by atoms with E-state index in [0.717, 1.165) is 37.3 Å². The van der Waals surface area contributed by atoms with Crippen molar-refractivity contribution in [3.05, 3.63) is 77.1 Å². The number of ether oxygens (including phenoxy) is 2. The van der Waals surface area contributed by atoms with Crippen LogP contribution in [0.4, 0.5) is 16.2 Å². The second kappa shape index (κ2) is 10.1. The zero-order chi connectivity index (χ0) is 24.3. The maximum atomic E-state index is 13.5. The summed E-state index contributed by atoms with van der Waals surface area (Å²) in [6.07, 6.45) is 1.65. The molecule has 1 saturated heterocycles. The Morgan fingerprint density at radius 2 is 1.77 bits per heavy atom. The van der Waals surface area contributed by atoms with E-state index in [1.807, 2.05) is 18.2 Å². The van der Waals surface area contributed by atoms with E-state index in [0.29, 0.717) is 36.7 Å². The van der Waals surface area contributed by atoms with Crippen LogP contribution in [0, 0.1) is 5.82 Å². The molecule has 2 aliphatic heterocycles. The van der Waals surface area contributed by atoms with Gasteiger partial charge in [-0.3, -0.25) is 0 Å². The largest absolute Gasteiger partial charge is 0.481 e. The number of benzene rings is 2. The van der Waals surface area contributed by atoms with Gasteiger partial charge in [-0.05, 0) is 53.9 Å². The second-order valence-corrected chi connectivity index (χ2v) is 9.33. The first-order valence-electron chi connectivity index (χ1n) is 11.7. The molecule has 3 heterocycles. The molecule has 7 nitrogen and oxygen atoms in total. The Morgan fingerprint density at radius 3 is 2.43 bits per heavy atom. The molecule has 0 aliphatic carbocycles. The third kappa shape index (κ3) is 5.21. The summed E-state index contributed by atoms with van der Waals surface area (Å²) in [7, 11) is 1.59. The summed E-state index contributed by atoms with van der Waals surface area (Å²) < 4.78 is 24.5. The van der Waals surface area contributed by atoms with Crippen molar-refractivity contribution in [3.8, 4) is 5.88 Å². The van der Waals surface area contributed by atoms with E-state index in [-0.39, 0.29) is 11.2 Å².